The Kier molecular flexibility index (Phi) is 7.58. The van der Waals surface area contributed by atoms with Gasteiger partial charge in [-0.25, -0.2) is 18.0 Å². The van der Waals surface area contributed by atoms with Crippen LogP contribution in [-0.2, 0) is 10.0 Å². The summed E-state index contributed by atoms with van der Waals surface area (Å²) in [6, 6.07) is 16.2. The quantitative estimate of drug-likeness (QED) is 0.199. The molecule has 0 saturated carbocycles. The van der Waals surface area contributed by atoms with Crippen LogP contribution < -0.4 is 19.7 Å². The molecule has 2 aromatic carbocycles. The van der Waals surface area contributed by atoms with Gasteiger partial charge in [-0.1, -0.05) is 6.07 Å². The number of methoxy groups -OCH3 is 1. The SMILES string of the molecule is COc1ccc(N2C(=S)N[C@@H](c3ccccn3)[C@H]2c2ccc(-c3cc(C(=O)O)cc(C(=O)O)c3)o2)cc1NS(C)(=O)=O. The maximum Gasteiger partial charge on any atom is 0.335 e. The predicted octanol–water partition coefficient (Wildman–Crippen LogP) is 4.30. The lowest BCUT2D eigenvalue weighted by molar-refractivity contribution is 0.0696. The average Bonchev–Trinajstić information content (AvgIpc) is 3.57. The van der Waals surface area contributed by atoms with Gasteiger partial charge in [-0.3, -0.25) is 9.71 Å². The number of nitrogens with zero attached hydrogens (tertiary/aromatic N) is 2. The Bertz CT molecular complexity index is 1780. The Morgan fingerprint density at radius 1 is 1.05 bits per heavy atom. The van der Waals surface area contributed by atoms with E-state index in [-0.39, 0.29) is 28.1 Å². The predicted molar refractivity (Wildman–Crippen MR) is 157 cm³/mol. The average molecular weight is 609 g/mol. The molecule has 0 unspecified atom stereocenters. The van der Waals surface area contributed by atoms with Crippen molar-refractivity contribution in [2.24, 2.45) is 0 Å². The topological polar surface area (TPSA) is 171 Å². The molecule has 4 aromatic rings. The third-order valence-corrected chi connectivity index (χ3v) is 7.39. The Balaban J connectivity index is 1.63. The normalized spacial score (nSPS) is 16.6. The molecule has 216 valence electrons. The van der Waals surface area contributed by atoms with Crippen LogP contribution >= 0.6 is 12.2 Å². The van der Waals surface area contributed by atoms with Gasteiger partial charge in [-0.15, -0.1) is 0 Å². The molecule has 2 aromatic heterocycles. The van der Waals surface area contributed by atoms with Crippen LogP contribution in [0.4, 0.5) is 11.4 Å². The number of ether oxygens (including phenoxy) is 1. The van der Waals surface area contributed by atoms with Crippen molar-refractivity contribution in [3.05, 3.63) is 95.5 Å². The molecule has 0 bridgehead atoms. The summed E-state index contributed by atoms with van der Waals surface area (Å²) in [5.41, 5.74) is 1.22. The third kappa shape index (κ3) is 5.75. The molecule has 14 heteroatoms. The largest absolute Gasteiger partial charge is 0.495 e. The van der Waals surface area contributed by atoms with Gasteiger partial charge in [0, 0.05) is 17.4 Å². The van der Waals surface area contributed by atoms with Crippen molar-refractivity contribution in [2.75, 3.05) is 23.0 Å². The monoisotopic (exact) mass is 608 g/mol. The minimum atomic E-state index is -3.64. The highest BCUT2D eigenvalue weighted by Crippen LogP contribution is 2.44. The van der Waals surface area contributed by atoms with Crippen molar-refractivity contribution in [2.45, 2.75) is 12.1 Å². The van der Waals surface area contributed by atoms with Crippen molar-refractivity contribution in [1.82, 2.24) is 10.3 Å². The second-order valence-electron chi connectivity index (χ2n) is 9.37. The number of aromatic nitrogens is 1. The van der Waals surface area contributed by atoms with E-state index in [1.807, 2.05) is 12.1 Å². The van der Waals surface area contributed by atoms with Gasteiger partial charge >= 0.3 is 11.9 Å². The Morgan fingerprint density at radius 2 is 1.76 bits per heavy atom. The zero-order valence-electron chi connectivity index (χ0n) is 22.1. The smallest absolute Gasteiger partial charge is 0.335 e. The van der Waals surface area contributed by atoms with Gasteiger partial charge in [0.2, 0.25) is 10.0 Å². The number of thiocarbonyl (C=S) groups is 1. The number of pyridine rings is 1. The number of hydrogen-bond donors (Lipinski definition) is 4. The van der Waals surface area contributed by atoms with Crippen molar-refractivity contribution in [3.8, 4) is 17.1 Å². The minimum Gasteiger partial charge on any atom is -0.495 e. The summed E-state index contributed by atoms with van der Waals surface area (Å²) in [6.45, 7) is 0. The summed E-state index contributed by atoms with van der Waals surface area (Å²) >= 11 is 5.73. The molecule has 5 rings (SSSR count). The number of carboxylic acids is 2. The number of benzene rings is 2. The fourth-order valence-corrected chi connectivity index (χ4v) is 5.64. The summed E-state index contributed by atoms with van der Waals surface area (Å²) in [4.78, 5) is 29.6. The number of sulfonamides is 1. The van der Waals surface area contributed by atoms with Crippen LogP contribution in [0, 0.1) is 0 Å². The van der Waals surface area contributed by atoms with E-state index >= 15 is 0 Å². The molecule has 0 amide bonds. The number of hydrogen-bond acceptors (Lipinski definition) is 8. The maximum atomic E-state index is 12.0. The van der Waals surface area contributed by atoms with Crippen LogP contribution in [0.3, 0.4) is 0 Å². The first-order chi connectivity index (χ1) is 19.9. The van der Waals surface area contributed by atoms with Crippen molar-refractivity contribution < 1.29 is 37.4 Å². The second kappa shape index (κ2) is 11.1. The summed E-state index contributed by atoms with van der Waals surface area (Å²) in [7, 11) is -2.22. The molecule has 12 nitrogen and oxygen atoms in total. The van der Waals surface area contributed by atoms with Gasteiger partial charge in [0.05, 0.1) is 41.9 Å². The zero-order valence-corrected chi connectivity index (χ0v) is 23.8. The number of rotatable bonds is 9. The molecule has 0 spiro atoms. The lowest BCUT2D eigenvalue weighted by Crippen LogP contribution is -2.29. The van der Waals surface area contributed by atoms with Crippen LogP contribution in [-0.4, -0.2) is 54.0 Å². The molecule has 42 heavy (non-hydrogen) atoms. The van der Waals surface area contributed by atoms with E-state index in [4.69, 9.17) is 21.4 Å². The number of carbonyl (C=O) groups is 2. The molecule has 1 fully saturated rings. The molecular formula is C28H24N4O8S2. The van der Waals surface area contributed by atoms with Gasteiger partial charge in [0.25, 0.3) is 0 Å². The minimum absolute atomic E-state index is 0.201. The first kappa shape index (κ1) is 28.6. The fraction of sp³-hybridized carbons (Fsp3) is 0.143. The zero-order chi connectivity index (χ0) is 30.2. The van der Waals surface area contributed by atoms with E-state index in [0.717, 1.165) is 12.3 Å². The Hall–Kier alpha value is -4.95. The highest BCUT2D eigenvalue weighted by molar-refractivity contribution is 7.92. The van der Waals surface area contributed by atoms with Gasteiger partial charge in [0.15, 0.2) is 5.11 Å². The van der Waals surface area contributed by atoms with Gasteiger partial charge in [-0.2, -0.15) is 0 Å². The van der Waals surface area contributed by atoms with E-state index in [2.05, 4.69) is 15.0 Å². The Labute approximate surface area is 245 Å². The Morgan fingerprint density at radius 3 is 2.36 bits per heavy atom. The van der Waals surface area contributed by atoms with E-state index in [1.165, 1.54) is 19.2 Å². The van der Waals surface area contributed by atoms with E-state index < -0.39 is 34.0 Å². The molecule has 0 aliphatic carbocycles. The summed E-state index contributed by atoms with van der Waals surface area (Å²) in [6.07, 6.45) is 2.67. The number of furan rings is 1. The number of anilines is 2. The molecule has 3 heterocycles. The summed E-state index contributed by atoms with van der Waals surface area (Å²) in [5.74, 6) is -1.62. The molecule has 4 N–H and O–H groups in total. The number of carboxylic acid groups (broad SMARTS) is 2. The van der Waals surface area contributed by atoms with Gasteiger partial charge in [0.1, 0.15) is 23.3 Å². The standard InChI is InChI=1S/C28H24N4O8S2/c1-39-22-7-6-18(14-20(22)31-42(2,37)38)32-25(24(30-28(32)41)19-5-3-4-10-29-19)23-9-8-21(40-23)15-11-16(26(33)34)13-17(12-15)27(35)36/h3-14,24-25,31H,1-2H3,(H,30,41)(H,33,34)(H,35,36)/t24-,25+/m0/s1. The molecule has 0 radical (unpaired) electrons. The van der Waals surface area contributed by atoms with Gasteiger partial charge < -0.3 is 29.6 Å². The third-order valence-electron chi connectivity index (χ3n) is 6.48. The van der Waals surface area contributed by atoms with E-state index in [0.29, 0.717) is 28.0 Å². The van der Waals surface area contributed by atoms with Crippen molar-refractivity contribution >= 4 is 50.7 Å². The highest BCUT2D eigenvalue weighted by atomic mass is 32.2. The van der Waals surface area contributed by atoms with Crippen LogP contribution in [0.1, 0.15) is 44.3 Å². The lowest BCUT2D eigenvalue weighted by Gasteiger charge is -2.27. The van der Waals surface area contributed by atoms with Crippen LogP contribution in [0.5, 0.6) is 5.75 Å². The number of nitrogens with one attached hydrogen (secondary N) is 2. The van der Waals surface area contributed by atoms with Crippen LogP contribution in [0.15, 0.2) is 77.3 Å². The first-order valence-electron chi connectivity index (χ1n) is 12.3. The summed E-state index contributed by atoms with van der Waals surface area (Å²) < 4.78 is 38.1. The lowest BCUT2D eigenvalue weighted by atomic mass is 10.0. The maximum absolute atomic E-state index is 12.0. The van der Waals surface area contributed by atoms with E-state index in [9.17, 15) is 28.2 Å². The van der Waals surface area contributed by atoms with Crippen molar-refractivity contribution in [3.63, 3.8) is 0 Å². The molecule has 1 aliphatic rings. The first-order valence-corrected chi connectivity index (χ1v) is 14.6. The van der Waals surface area contributed by atoms with Crippen LogP contribution in [0.2, 0.25) is 0 Å². The van der Waals surface area contributed by atoms with Crippen molar-refractivity contribution in [1.29, 1.82) is 0 Å². The summed E-state index contributed by atoms with van der Waals surface area (Å²) in [5, 5.41) is 22.6. The molecular weight excluding hydrogens is 584 g/mol. The molecule has 1 aliphatic heterocycles. The molecule has 2 atom stereocenters. The highest BCUT2D eigenvalue weighted by Gasteiger charge is 2.43. The number of aromatic carboxylic acids is 2. The van der Waals surface area contributed by atoms with Crippen LogP contribution in [0.25, 0.3) is 11.3 Å². The second-order valence-corrected chi connectivity index (χ2v) is 11.5. The van der Waals surface area contributed by atoms with E-state index in [1.54, 1.807) is 47.5 Å². The fourth-order valence-electron chi connectivity index (χ4n) is 4.73. The van der Waals surface area contributed by atoms with Gasteiger partial charge in [-0.05, 0) is 72.9 Å². The molecule has 1 saturated heterocycles.